The minimum Gasteiger partial charge on any atom is -0.872 e. The van der Waals surface area contributed by atoms with Gasteiger partial charge in [-0.2, -0.15) is 9.97 Å². The van der Waals surface area contributed by atoms with Crippen LogP contribution in [0.1, 0.15) is 10.9 Å². The van der Waals surface area contributed by atoms with Crippen LogP contribution in [-0.2, 0) is 0 Å². The van der Waals surface area contributed by atoms with Crippen LogP contribution in [0.3, 0.4) is 0 Å². The van der Waals surface area contributed by atoms with Crippen LogP contribution in [-0.4, -0.2) is 16.2 Å². The van der Waals surface area contributed by atoms with Crippen molar-refractivity contribution in [1.82, 2.24) is 0 Å². The fraction of sp³-hybridized carbons (Fsp3) is 0.0588. The van der Waals surface area contributed by atoms with E-state index < -0.39 is 6.10 Å². The third-order valence-electron chi connectivity index (χ3n) is 7.16. The van der Waals surface area contributed by atoms with Gasteiger partial charge in [0, 0.05) is 12.1 Å². The molecule has 0 spiro atoms. The van der Waals surface area contributed by atoms with E-state index in [9.17, 15) is 10.2 Å². The van der Waals surface area contributed by atoms with Crippen LogP contribution < -0.4 is 30.6 Å². The molecular weight excluding hydrogens is 542 g/mol. The number of rotatable bonds is 2. The Morgan fingerprint density at radius 1 is 0.610 bits per heavy atom. The van der Waals surface area contributed by atoms with Gasteiger partial charge in [-0.15, -0.1) is 0 Å². The van der Waals surface area contributed by atoms with Gasteiger partial charge in [0.25, 0.3) is 5.01 Å². The van der Waals surface area contributed by atoms with E-state index in [1.54, 1.807) is 28.7 Å². The van der Waals surface area contributed by atoms with Crippen LogP contribution in [0.15, 0.2) is 109 Å². The topological polar surface area (TPSA) is 74.4 Å². The van der Waals surface area contributed by atoms with Crippen molar-refractivity contribution in [3.63, 3.8) is 0 Å². The minimum atomic E-state index is -0.728. The molecule has 0 saturated heterocycles. The van der Waals surface area contributed by atoms with Gasteiger partial charge in [-0.3, -0.25) is 0 Å². The molecule has 41 heavy (non-hydrogen) atoms. The molecule has 4 nitrogen and oxygen atoms in total. The first kappa shape index (κ1) is 27.0. The van der Waals surface area contributed by atoms with E-state index in [-0.39, 0.29) is 21.8 Å². The molecule has 194 valence electrons. The maximum Gasteiger partial charge on any atom is 2.00 e. The number of nitrogens with one attached hydrogen (secondary N) is 2. The molecule has 2 unspecified atom stereocenters. The van der Waals surface area contributed by atoms with Crippen LogP contribution in [0.5, 0.6) is 5.75 Å². The molecular formula is C34H24BeN2O2S2+2. The zero-order chi connectivity index (χ0) is 27.1. The van der Waals surface area contributed by atoms with Gasteiger partial charge in [0.15, 0.2) is 0 Å². The summed E-state index contributed by atoms with van der Waals surface area (Å²) in [6.45, 7) is 0. The molecule has 0 aliphatic heterocycles. The van der Waals surface area contributed by atoms with Gasteiger partial charge < -0.3 is 10.2 Å². The van der Waals surface area contributed by atoms with Crippen LogP contribution in [0.25, 0.3) is 53.9 Å². The molecule has 0 radical (unpaired) electrons. The first-order valence-electron chi connectivity index (χ1n) is 13.1. The van der Waals surface area contributed by atoms with E-state index in [1.165, 1.54) is 4.70 Å². The summed E-state index contributed by atoms with van der Waals surface area (Å²) in [5, 5.41) is 30.9. The Morgan fingerprint density at radius 3 is 1.85 bits per heavy atom. The van der Waals surface area contributed by atoms with E-state index in [1.807, 2.05) is 84.9 Å². The molecule has 7 heteroatoms. The SMILES string of the molecule is [Be+2].[O-]C1C=c2ccccc2=CC1c1[nH+]c2ccccc2s1.[O-]c1cc2ccccc2cc1-c1[nH+]c2ccccc2s1. The number of para-hydroxylation sites is 2. The number of benzene rings is 5. The molecule has 8 rings (SSSR count). The fourth-order valence-corrected chi connectivity index (χ4v) is 7.27. The molecule has 0 saturated carbocycles. The van der Waals surface area contributed by atoms with E-state index in [2.05, 4.69) is 40.3 Å². The van der Waals surface area contributed by atoms with Gasteiger partial charge in [0.05, 0.1) is 11.5 Å². The van der Waals surface area contributed by atoms with Crippen molar-refractivity contribution >= 4 is 76.2 Å². The van der Waals surface area contributed by atoms with Crippen molar-refractivity contribution in [3.8, 4) is 16.3 Å². The summed E-state index contributed by atoms with van der Waals surface area (Å²) in [7, 11) is 0. The number of hydrogen-bond acceptors (Lipinski definition) is 4. The van der Waals surface area contributed by atoms with Gasteiger partial charge in [-0.25, -0.2) is 0 Å². The smallest absolute Gasteiger partial charge is 0.872 e. The molecule has 0 amide bonds. The average molecular weight is 566 g/mol. The molecule has 2 heterocycles. The molecule has 1 aliphatic rings. The maximum absolute atomic E-state index is 12.4. The molecule has 5 aromatic carbocycles. The van der Waals surface area contributed by atoms with Crippen molar-refractivity contribution in [2.75, 3.05) is 0 Å². The molecule has 0 bridgehead atoms. The number of fused-ring (bicyclic) bond motifs is 4. The third kappa shape index (κ3) is 5.31. The first-order valence-corrected chi connectivity index (χ1v) is 14.7. The van der Waals surface area contributed by atoms with Crippen LogP contribution in [0.2, 0.25) is 0 Å². The Hall–Kier alpha value is -4.19. The Balaban J connectivity index is 0.000000144. The number of aromatic amines is 2. The Morgan fingerprint density at radius 2 is 1.17 bits per heavy atom. The average Bonchev–Trinajstić information content (AvgIpc) is 3.61. The number of hydrogen-bond donors (Lipinski definition) is 0. The second kappa shape index (κ2) is 11.4. The monoisotopic (exact) mass is 565 g/mol. The normalized spacial score (nSPS) is 15.7. The Bertz CT molecular complexity index is 2070. The second-order valence-corrected chi connectivity index (χ2v) is 11.9. The standard InChI is InChI=1S/C17H12NOS.C17H11NOS.Be/c2*19-15-10-12-6-2-1-5-11(12)9-13(15)17-18-14-7-3-4-8-16(14)20-17;/h1-10,13,15H;1-10,19H;/q-1;;+2/p+1. The summed E-state index contributed by atoms with van der Waals surface area (Å²) in [5.41, 5.74) is 2.91. The van der Waals surface area contributed by atoms with E-state index >= 15 is 0 Å². The second-order valence-electron chi connectivity index (χ2n) is 9.79. The fourth-order valence-electron chi connectivity index (χ4n) is 5.13. The predicted octanol–water partition coefficient (Wildman–Crippen LogP) is 4.03. The van der Waals surface area contributed by atoms with E-state index in [4.69, 9.17) is 0 Å². The molecule has 7 aromatic rings. The van der Waals surface area contributed by atoms with Crippen LogP contribution >= 0.6 is 22.7 Å². The first-order chi connectivity index (χ1) is 19.6. The number of H-pyrrole nitrogens is 2. The quantitative estimate of drug-likeness (QED) is 0.297. The van der Waals surface area contributed by atoms with Gasteiger partial charge in [-0.1, -0.05) is 126 Å². The zero-order valence-electron chi connectivity index (χ0n) is 22.0. The summed E-state index contributed by atoms with van der Waals surface area (Å²) >= 11 is 3.29. The van der Waals surface area contributed by atoms with Gasteiger partial charge in [-0.05, 0) is 39.4 Å². The van der Waals surface area contributed by atoms with Crippen molar-refractivity contribution in [1.29, 1.82) is 0 Å². The molecule has 0 fully saturated rings. The summed E-state index contributed by atoms with van der Waals surface area (Å²) < 4.78 is 2.36. The van der Waals surface area contributed by atoms with Gasteiger partial charge >= 0.3 is 10.1 Å². The maximum atomic E-state index is 12.4. The molecule has 2 aromatic heterocycles. The third-order valence-corrected chi connectivity index (χ3v) is 9.43. The van der Waals surface area contributed by atoms with Crippen molar-refractivity contribution < 1.29 is 20.2 Å². The number of aromatic nitrogens is 2. The summed E-state index contributed by atoms with van der Waals surface area (Å²) in [5.74, 6) is -0.0474. The van der Waals surface area contributed by atoms with Crippen molar-refractivity contribution in [3.05, 3.63) is 125 Å². The summed E-state index contributed by atoms with van der Waals surface area (Å²) in [4.78, 5) is 6.73. The Kier molecular flexibility index (Phi) is 7.48. The molecule has 1 aliphatic carbocycles. The zero-order valence-corrected chi connectivity index (χ0v) is 23.7. The van der Waals surface area contributed by atoms with E-state index in [0.717, 1.165) is 52.5 Å². The largest absolute Gasteiger partial charge is 2.00 e. The molecule has 2 N–H and O–H groups in total. The predicted molar refractivity (Wildman–Crippen MR) is 166 cm³/mol. The van der Waals surface area contributed by atoms with Gasteiger partial charge in [0.1, 0.15) is 9.40 Å². The van der Waals surface area contributed by atoms with Crippen LogP contribution in [0, 0.1) is 0 Å². The number of thiazole rings is 2. The van der Waals surface area contributed by atoms with Crippen molar-refractivity contribution in [2.45, 2.75) is 12.0 Å². The Labute approximate surface area is 248 Å². The van der Waals surface area contributed by atoms with E-state index in [0.29, 0.717) is 0 Å². The summed E-state index contributed by atoms with van der Waals surface area (Å²) in [6.07, 6.45) is 3.20. The van der Waals surface area contributed by atoms with Gasteiger partial charge in [0.2, 0.25) is 16.0 Å². The molecule has 2 atom stereocenters. The minimum absolute atomic E-state index is 0. The van der Waals surface area contributed by atoms with Crippen LogP contribution in [0.4, 0.5) is 0 Å². The summed E-state index contributed by atoms with van der Waals surface area (Å²) in [6, 6.07) is 35.9. The van der Waals surface area contributed by atoms with Crippen molar-refractivity contribution in [2.24, 2.45) is 0 Å².